The first-order valence-corrected chi connectivity index (χ1v) is 7.04. The van der Waals surface area contributed by atoms with Gasteiger partial charge in [0.25, 0.3) is 0 Å². The first-order chi connectivity index (χ1) is 6.97. The fourth-order valence-corrected chi connectivity index (χ4v) is 3.33. The maximum Gasteiger partial charge on any atom is 0.148 e. The maximum atomic E-state index is 11.3. The SMILES string of the molecule is CS(=O)(=O)C[C@@H]1c2ccccc2C[C@H]1N. The van der Waals surface area contributed by atoms with Crippen LogP contribution in [0.1, 0.15) is 17.0 Å². The van der Waals surface area contributed by atoms with E-state index in [2.05, 4.69) is 0 Å². The largest absolute Gasteiger partial charge is 0.327 e. The quantitative estimate of drug-likeness (QED) is 0.806. The van der Waals surface area contributed by atoms with Crippen LogP contribution in [-0.2, 0) is 16.3 Å². The predicted molar refractivity (Wildman–Crippen MR) is 60.6 cm³/mol. The highest BCUT2D eigenvalue weighted by Crippen LogP contribution is 2.32. The number of fused-ring (bicyclic) bond motifs is 1. The third-order valence-electron chi connectivity index (χ3n) is 2.91. The van der Waals surface area contributed by atoms with Crippen LogP contribution < -0.4 is 5.73 Å². The van der Waals surface area contributed by atoms with Crippen LogP contribution in [0.25, 0.3) is 0 Å². The van der Waals surface area contributed by atoms with Gasteiger partial charge in [0, 0.05) is 18.2 Å². The number of hydrogen-bond donors (Lipinski definition) is 1. The van der Waals surface area contributed by atoms with Gasteiger partial charge in [-0.25, -0.2) is 8.42 Å². The molecule has 0 aromatic heterocycles. The summed E-state index contributed by atoms with van der Waals surface area (Å²) in [5.41, 5.74) is 8.27. The molecule has 1 aliphatic carbocycles. The van der Waals surface area contributed by atoms with Gasteiger partial charge in [-0.2, -0.15) is 0 Å². The lowest BCUT2D eigenvalue weighted by Gasteiger charge is -2.15. The Morgan fingerprint density at radius 3 is 2.73 bits per heavy atom. The van der Waals surface area contributed by atoms with Gasteiger partial charge in [-0.3, -0.25) is 0 Å². The van der Waals surface area contributed by atoms with Gasteiger partial charge in [0.05, 0.1) is 5.75 Å². The number of nitrogens with two attached hydrogens (primary N) is 1. The molecule has 0 saturated heterocycles. The van der Waals surface area contributed by atoms with Gasteiger partial charge in [-0.15, -0.1) is 0 Å². The van der Waals surface area contributed by atoms with Crippen molar-refractivity contribution in [3.63, 3.8) is 0 Å². The lowest BCUT2D eigenvalue weighted by atomic mass is 10.0. The molecule has 4 heteroatoms. The van der Waals surface area contributed by atoms with Crippen LogP contribution in [0.2, 0.25) is 0 Å². The van der Waals surface area contributed by atoms with Crippen LogP contribution in [0.3, 0.4) is 0 Å². The summed E-state index contributed by atoms with van der Waals surface area (Å²) in [6, 6.07) is 7.85. The van der Waals surface area contributed by atoms with Gasteiger partial charge < -0.3 is 5.73 Å². The van der Waals surface area contributed by atoms with Crippen molar-refractivity contribution in [1.29, 1.82) is 0 Å². The molecule has 0 saturated carbocycles. The van der Waals surface area contributed by atoms with Gasteiger partial charge in [-0.1, -0.05) is 24.3 Å². The van der Waals surface area contributed by atoms with Crippen LogP contribution in [0.15, 0.2) is 24.3 Å². The van der Waals surface area contributed by atoms with Crippen LogP contribution in [0, 0.1) is 0 Å². The van der Waals surface area contributed by atoms with E-state index >= 15 is 0 Å². The Hall–Kier alpha value is -0.870. The van der Waals surface area contributed by atoms with Gasteiger partial charge in [0.1, 0.15) is 9.84 Å². The Kier molecular flexibility index (Phi) is 2.56. The van der Waals surface area contributed by atoms with E-state index in [9.17, 15) is 8.42 Å². The van der Waals surface area contributed by atoms with Crippen molar-refractivity contribution in [2.45, 2.75) is 18.4 Å². The highest BCUT2D eigenvalue weighted by molar-refractivity contribution is 7.90. The molecule has 15 heavy (non-hydrogen) atoms. The van der Waals surface area contributed by atoms with E-state index in [1.165, 1.54) is 11.8 Å². The van der Waals surface area contributed by atoms with E-state index in [1.54, 1.807) is 0 Å². The Balaban J connectivity index is 2.34. The first kappa shape index (κ1) is 10.6. The molecule has 2 atom stereocenters. The highest BCUT2D eigenvalue weighted by Gasteiger charge is 2.31. The molecule has 0 aliphatic heterocycles. The van der Waals surface area contributed by atoms with E-state index < -0.39 is 9.84 Å². The molecule has 0 heterocycles. The summed E-state index contributed by atoms with van der Waals surface area (Å²) in [6.07, 6.45) is 2.05. The van der Waals surface area contributed by atoms with Crippen molar-refractivity contribution in [3.8, 4) is 0 Å². The van der Waals surface area contributed by atoms with E-state index in [4.69, 9.17) is 5.73 Å². The van der Waals surface area contributed by atoms with Crippen molar-refractivity contribution < 1.29 is 8.42 Å². The number of hydrogen-bond acceptors (Lipinski definition) is 3. The number of benzene rings is 1. The molecular weight excluding hydrogens is 210 g/mol. The summed E-state index contributed by atoms with van der Waals surface area (Å²) in [5, 5.41) is 0. The fourth-order valence-electron chi connectivity index (χ4n) is 2.25. The second kappa shape index (κ2) is 3.61. The minimum Gasteiger partial charge on any atom is -0.327 e. The van der Waals surface area contributed by atoms with Crippen molar-refractivity contribution in [1.82, 2.24) is 0 Å². The molecule has 0 amide bonds. The standard InChI is InChI=1S/C11H15NO2S/c1-15(13,14)7-10-9-5-3-2-4-8(9)6-11(10)12/h2-5,10-11H,6-7,12H2,1H3/t10-,11-/m1/s1. The smallest absolute Gasteiger partial charge is 0.148 e. The molecule has 1 aliphatic rings. The van der Waals surface area contributed by atoms with Gasteiger partial charge in [0.15, 0.2) is 0 Å². The van der Waals surface area contributed by atoms with E-state index in [0.29, 0.717) is 0 Å². The summed E-state index contributed by atoms with van der Waals surface area (Å²) in [6.45, 7) is 0. The fraction of sp³-hybridized carbons (Fsp3) is 0.455. The molecule has 0 fully saturated rings. The normalized spacial score (nSPS) is 25.2. The molecule has 0 unspecified atom stereocenters. The predicted octanol–water partition coefficient (Wildman–Crippen LogP) is 0.698. The molecule has 1 aromatic carbocycles. The summed E-state index contributed by atoms with van der Waals surface area (Å²) in [7, 11) is -2.96. The van der Waals surface area contributed by atoms with E-state index in [-0.39, 0.29) is 17.7 Å². The van der Waals surface area contributed by atoms with Crippen LogP contribution >= 0.6 is 0 Å². The summed E-state index contributed by atoms with van der Waals surface area (Å²) in [5.74, 6) is 0.127. The van der Waals surface area contributed by atoms with Crippen LogP contribution in [0.4, 0.5) is 0 Å². The van der Waals surface area contributed by atoms with E-state index in [1.807, 2.05) is 24.3 Å². The van der Waals surface area contributed by atoms with Crippen molar-refractivity contribution >= 4 is 9.84 Å². The van der Waals surface area contributed by atoms with Gasteiger partial charge in [-0.05, 0) is 17.5 Å². The molecule has 3 nitrogen and oxygen atoms in total. The Morgan fingerprint density at radius 1 is 1.40 bits per heavy atom. The average Bonchev–Trinajstić information content (AvgIpc) is 2.41. The molecule has 1 aromatic rings. The van der Waals surface area contributed by atoms with Gasteiger partial charge in [0.2, 0.25) is 0 Å². The molecule has 2 rings (SSSR count). The second-order valence-electron chi connectivity index (χ2n) is 4.27. The summed E-state index contributed by atoms with van der Waals surface area (Å²) < 4.78 is 22.6. The summed E-state index contributed by atoms with van der Waals surface area (Å²) >= 11 is 0. The van der Waals surface area contributed by atoms with Crippen LogP contribution in [-0.4, -0.2) is 26.5 Å². The zero-order valence-corrected chi connectivity index (χ0v) is 9.50. The lowest BCUT2D eigenvalue weighted by Crippen LogP contribution is -2.29. The Morgan fingerprint density at radius 2 is 2.07 bits per heavy atom. The van der Waals surface area contributed by atoms with Crippen molar-refractivity contribution in [2.75, 3.05) is 12.0 Å². The summed E-state index contributed by atoms with van der Waals surface area (Å²) in [4.78, 5) is 0. The molecule has 0 radical (unpaired) electrons. The molecule has 0 spiro atoms. The zero-order valence-electron chi connectivity index (χ0n) is 8.68. The number of sulfone groups is 1. The minimum atomic E-state index is -2.96. The van der Waals surface area contributed by atoms with Crippen LogP contribution in [0.5, 0.6) is 0 Å². The third-order valence-corrected chi connectivity index (χ3v) is 3.87. The molecule has 82 valence electrons. The Bertz CT molecular complexity index is 467. The lowest BCUT2D eigenvalue weighted by molar-refractivity contribution is 0.572. The van der Waals surface area contributed by atoms with Crippen molar-refractivity contribution in [2.24, 2.45) is 5.73 Å². The third kappa shape index (κ3) is 2.21. The topological polar surface area (TPSA) is 60.2 Å². The Labute approximate surface area is 90.2 Å². The monoisotopic (exact) mass is 225 g/mol. The first-order valence-electron chi connectivity index (χ1n) is 4.98. The molecule has 0 bridgehead atoms. The average molecular weight is 225 g/mol. The van der Waals surface area contributed by atoms with Gasteiger partial charge >= 0.3 is 0 Å². The van der Waals surface area contributed by atoms with E-state index in [0.717, 1.165) is 12.0 Å². The zero-order chi connectivity index (χ0) is 11.1. The highest BCUT2D eigenvalue weighted by atomic mass is 32.2. The minimum absolute atomic E-state index is 0.0313. The van der Waals surface area contributed by atoms with Crippen molar-refractivity contribution in [3.05, 3.63) is 35.4 Å². The second-order valence-corrected chi connectivity index (χ2v) is 6.45. The number of rotatable bonds is 2. The molecule has 2 N–H and O–H groups in total. The molecular formula is C11H15NO2S. The maximum absolute atomic E-state index is 11.3.